The number of hydrogen-bond acceptors (Lipinski definition) is 6. The highest BCUT2D eigenvalue weighted by Gasteiger charge is 2.27. The molecule has 2 unspecified atom stereocenters. The van der Waals surface area contributed by atoms with Crippen LogP contribution < -0.4 is 15.4 Å². The SMILES string of the molecule is CCC(C)NS(=O)(=O)c1ccc(C(=O)OC(C(=O)NC(=O)NC)c2ccccc2)cc1. The van der Waals surface area contributed by atoms with E-state index in [0.717, 1.165) is 0 Å². The summed E-state index contributed by atoms with van der Waals surface area (Å²) in [6.45, 7) is 3.60. The first-order valence-electron chi connectivity index (χ1n) is 9.58. The fraction of sp³-hybridized carbons (Fsp3) is 0.286. The monoisotopic (exact) mass is 447 g/mol. The van der Waals surface area contributed by atoms with Crippen LogP contribution in [-0.2, 0) is 19.6 Å². The van der Waals surface area contributed by atoms with E-state index in [4.69, 9.17) is 4.74 Å². The number of hydrogen-bond donors (Lipinski definition) is 3. The number of carbonyl (C=O) groups excluding carboxylic acids is 3. The van der Waals surface area contributed by atoms with Crippen molar-refractivity contribution in [1.82, 2.24) is 15.4 Å². The van der Waals surface area contributed by atoms with Gasteiger partial charge in [0.05, 0.1) is 10.5 Å². The van der Waals surface area contributed by atoms with Crippen molar-refractivity contribution in [2.75, 3.05) is 7.05 Å². The molecule has 0 radical (unpaired) electrons. The van der Waals surface area contributed by atoms with Crippen molar-refractivity contribution >= 4 is 27.9 Å². The van der Waals surface area contributed by atoms with Gasteiger partial charge in [0.15, 0.2) is 0 Å². The Kier molecular flexibility index (Phi) is 8.29. The third kappa shape index (κ3) is 6.63. The maximum atomic E-state index is 12.6. The lowest BCUT2D eigenvalue weighted by Crippen LogP contribution is -2.41. The minimum absolute atomic E-state index is 0.00122. The normalized spacial score (nSPS) is 13.0. The van der Waals surface area contributed by atoms with E-state index in [1.165, 1.54) is 31.3 Å². The topological polar surface area (TPSA) is 131 Å². The average molecular weight is 448 g/mol. The Bertz CT molecular complexity index is 1020. The third-order valence-electron chi connectivity index (χ3n) is 4.40. The Hall–Kier alpha value is -3.24. The fourth-order valence-corrected chi connectivity index (χ4v) is 3.83. The van der Waals surface area contributed by atoms with Gasteiger partial charge in [-0.05, 0) is 37.6 Å². The van der Waals surface area contributed by atoms with Gasteiger partial charge in [0, 0.05) is 18.7 Å². The Labute approximate surface area is 181 Å². The molecule has 10 heteroatoms. The second-order valence-electron chi connectivity index (χ2n) is 6.72. The Balaban J connectivity index is 2.21. The summed E-state index contributed by atoms with van der Waals surface area (Å²) in [5.41, 5.74) is 0.422. The summed E-state index contributed by atoms with van der Waals surface area (Å²) in [5.74, 6) is -1.67. The minimum atomic E-state index is -3.72. The Morgan fingerprint density at radius 1 is 1.00 bits per heavy atom. The molecule has 31 heavy (non-hydrogen) atoms. The van der Waals surface area contributed by atoms with Crippen molar-refractivity contribution in [2.24, 2.45) is 0 Å². The smallest absolute Gasteiger partial charge is 0.339 e. The van der Waals surface area contributed by atoms with Crippen LogP contribution in [0.4, 0.5) is 4.79 Å². The lowest BCUT2D eigenvalue weighted by atomic mass is 10.1. The predicted molar refractivity (Wildman–Crippen MR) is 114 cm³/mol. The molecule has 0 aromatic heterocycles. The molecule has 2 atom stereocenters. The van der Waals surface area contributed by atoms with Gasteiger partial charge in [-0.15, -0.1) is 0 Å². The van der Waals surface area contributed by atoms with Gasteiger partial charge < -0.3 is 10.1 Å². The highest BCUT2D eigenvalue weighted by Crippen LogP contribution is 2.20. The van der Waals surface area contributed by atoms with E-state index >= 15 is 0 Å². The largest absolute Gasteiger partial charge is 0.444 e. The van der Waals surface area contributed by atoms with Crippen molar-refractivity contribution in [1.29, 1.82) is 0 Å². The molecule has 0 aliphatic rings. The summed E-state index contributed by atoms with van der Waals surface area (Å²) in [4.78, 5) is 36.6. The van der Waals surface area contributed by atoms with Crippen LogP contribution in [-0.4, -0.2) is 39.4 Å². The molecular formula is C21H25N3O6S. The average Bonchev–Trinajstić information content (AvgIpc) is 2.77. The quantitative estimate of drug-likeness (QED) is 0.531. The zero-order valence-electron chi connectivity index (χ0n) is 17.4. The molecule has 0 bridgehead atoms. The van der Waals surface area contributed by atoms with E-state index in [1.54, 1.807) is 37.3 Å². The van der Waals surface area contributed by atoms with E-state index in [9.17, 15) is 22.8 Å². The minimum Gasteiger partial charge on any atom is -0.444 e. The van der Waals surface area contributed by atoms with Crippen LogP contribution in [0.2, 0.25) is 0 Å². The van der Waals surface area contributed by atoms with Gasteiger partial charge in [-0.25, -0.2) is 22.7 Å². The van der Waals surface area contributed by atoms with Crippen LogP contribution in [0.5, 0.6) is 0 Å². The first-order valence-corrected chi connectivity index (χ1v) is 11.1. The number of amides is 3. The number of rotatable bonds is 8. The van der Waals surface area contributed by atoms with Crippen LogP contribution in [0, 0.1) is 0 Å². The van der Waals surface area contributed by atoms with E-state index < -0.39 is 34.0 Å². The van der Waals surface area contributed by atoms with Crippen LogP contribution in [0.25, 0.3) is 0 Å². The van der Waals surface area contributed by atoms with Crippen LogP contribution in [0.15, 0.2) is 59.5 Å². The van der Waals surface area contributed by atoms with E-state index in [-0.39, 0.29) is 16.5 Å². The Morgan fingerprint density at radius 2 is 1.61 bits per heavy atom. The second kappa shape index (κ2) is 10.7. The fourth-order valence-electron chi connectivity index (χ4n) is 2.50. The summed E-state index contributed by atoms with van der Waals surface area (Å²) < 4.78 is 32.6. The highest BCUT2D eigenvalue weighted by atomic mass is 32.2. The van der Waals surface area contributed by atoms with Gasteiger partial charge in [-0.3, -0.25) is 10.1 Å². The number of carbonyl (C=O) groups is 3. The molecule has 2 rings (SSSR count). The van der Waals surface area contributed by atoms with Gasteiger partial charge in [0.1, 0.15) is 0 Å². The summed E-state index contributed by atoms with van der Waals surface area (Å²) in [6, 6.07) is 12.4. The molecule has 2 aromatic rings. The predicted octanol–water partition coefficient (Wildman–Crippen LogP) is 2.12. The zero-order valence-corrected chi connectivity index (χ0v) is 18.2. The molecule has 0 saturated heterocycles. The number of urea groups is 1. The molecule has 3 amide bonds. The summed E-state index contributed by atoms with van der Waals surface area (Å²) in [6.07, 6.45) is -0.746. The summed E-state index contributed by atoms with van der Waals surface area (Å²) >= 11 is 0. The van der Waals surface area contributed by atoms with Gasteiger partial charge in [0.2, 0.25) is 16.1 Å². The van der Waals surface area contributed by atoms with Crippen molar-refractivity contribution in [2.45, 2.75) is 37.3 Å². The number of benzene rings is 2. The summed E-state index contributed by atoms with van der Waals surface area (Å²) in [5, 5.41) is 4.33. The number of ether oxygens (including phenoxy) is 1. The van der Waals surface area contributed by atoms with Crippen molar-refractivity contribution in [3.63, 3.8) is 0 Å². The molecule has 166 valence electrons. The van der Waals surface area contributed by atoms with E-state index in [0.29, 0.717) is 12.0 Å². The Morgan fingerprint density at radius 3 is 2.16 bits per heavy atom. The number of esters is 1. The number of sulfonamides is 1. The van der Waals surface area contributed by atoms with Gasteiger partial charge in [-0.1, -0.05) is 37.3 Å². The molecule has 0 aliphatic heterocycles. The van der Waals surface area contributed by atoms with Crippen LogP contribution >= 0.6 is 0 Å². The molecule has 3 N–H and O–H groups in total. The maximum Gasteiger partial charge on any atom is 0.339 e. The number of nitrogens with one attached hydrogen (secondary N) is 3. The molecule has 0 heterocycles. The van der Waals surface area contributed by atoms with Crippen molar-refractivity contribution in [3.8, 4) is 0 Å². The molecule has 0 spiro atoms. The zero-order chi connectivity index (χ0) is 23.0. The van der Waals surface area contributed by atoms with Crippen LogP contribution in [0.1, 0.15) is 42.3 Å². The molecule has 0 aliphatic carbocycles. The molecule has 2 aromatic carbocycles. The first kappa shape index (κ1) is 24.0. The van der Waals surface area contributed by atoms with E-state index in [2.05, 4.69) is 15.4 Å². The van der Waals surface area contributed by atoms with Gasteiger partial charge in [-0.2, -0.15) is 0 Å². The summed E-state index contributed by atoms with van der Waals surface area (Å²) in [7, 11) is -2.38. The third-order valence-corrected chi connectivity index (χ3v) is 6.00. The van der Waals surface area contributed by atoms with E-state index in [1.807, 2.05) is 6.92 Å². The highest BCUT2D eigenvalue weighted by molar-refractivity contribution is 7.89. The standard InChI is InChI=1S/C21H25N3O6S/c1-4-14(2)24-31(28,29)17-12-10-16(11-13-17)20(26)30-18(15-8-6-5-7-9-15)19(25)23-21(27)22-3/h5-14,18,24H,4H2,1-3H3,(H2,22,23,25,27). The first-order chi connectivity index (χ1) is 14.7. The molecule has 0 fully saturated rings. The molecule has 9 nitrogen and oxygen atoms in total. The second-order valence-corrected chi connectivity index (χ2v) is 8.43. The molecule has 0 saturated carbocycles. The lowest BCUT2D eigenvalue weighted by molar-refractivity contribution is -0.129. The van der Waals surface area contributed by atoms with Crippen molar-refractivity contribution < 1.29 is 27.5 Å². The van der Waals surface area contributed by atoms with Crippen LogP contribution in [0.3, 0.4) is 0 Å². The molecular weight excluding hydrogens is 422 g/mol. The van der Waals surface area contributed by atoms with Gasteiger partial charge >= 0.3 is 12.0 Å². The lowest BCUT2D eigenvalue weighted by Gasteiger charge is -2.17. The van der Waals surface area contributed by atoms with Crippen molar-refractivity contribution in [3.05, 3.63) is 65.7 Å². The maximum absolute atomic E-state index is 12.6. The number of imide groups is 1. The van der Waals surface area contributed by atoms with Gasteiger partial charge in [0.25, 0.3) is 5.91 Å².